The molecule has 2 aromatic heterocycles. The minimum atomic E-state index is -0.515. The van der Waals surface area contributed by atoms with Gasteiger partial charge < -0.3 is 19.2 Å². The molecule has 0 radical (unpaired) electrons. The number of aryl methyl sites for hydroxylation is 1. The number of hydrogen-bond donors (Lipinski definition) is 1. The fourth-order valence-corrected chi connectivity index (χ4v) is 3.38. The molecule has 6 nitrogen and oxygen atoms in total. The molecule has 1 saturated heterocycles. The Morgan fingerprint density at radius 3 is 2.64 bits per heavy atom. The molecule has 25 heavy (non-hydrogen) atoms. The number of carbonyl (C=O) groups is 2. The first-order chi connectivity index (χ1) is 12.0. The van der Waals surface area contributed by atoms with E-state index < -0.39 is 6.04 Å². The molecule has 0 aromatic carbocycles. The third-order valence-corrected chi connectivity index (χ3v) is 4.85. The van der Waals surface area contributed by atoms with Crippen LogP contribution in [0, 0.1) is 13.8 Å². The molecule has 2 aromatic rings. The number of rotatable bonds is 5. The molecule has 134 valence electrons. The molecule has 1 aliphatic rings. The van der Waals surface area contributed by atoms with Crippen LogP contribution in [-0.2, 0) is 11.3 Å². The molecular formula is C19H25N3O3. The predicted octanol–water partition coefficient (Wildman–Crippen LogP) is 2.49. The third kappa shape index (κ3) is 3.62. The van der Waals surface area contributed by atoms with Crippen molar-refractivity contribution in [2.45, 2.75) is 46.2 Å². The summed E-state index contributed by atoms with van der Waals surface area (Å²) in [7, 11) is 0. The highest BCUT2D eigenvalue weighted by atomic mass is 16.3. The Morgan fingerprint density at radius 1 is 1.28 bits per heavy atom. The van der Waals surface area contributed by atoms with Crippen LogP contribution in [0.3, 0.4) is 0 Å². The largest absolute Gasteiger partial charge is 0.467 e. The van der Waals surface area contributed by atoms with Gasteiger partial charge in [0.05, 0.1) is 18.4 Å². The van der Waals surface area contributed by atoms with Gasteiger partial charge in [0, 0.05) is 24.5 Å². The second kappa shape index (κ2) is 7.17. The molecule has 0 bridgehead atoms. The number of nitrogens with one attached hydrogen (secondary N) is 1. The zero-order valence-corrected chi connectivity index (χ0v) is 15.0. The Labute approximate surface area is 147 Å². The lowest BCUT2D eigenvalue weighted by atomic mass is 10.2. The fourth-order valence-electron chi connectivity index (χ4n) is 3.38. The van der Waals surface area contributed by atoms with Gasteiger partial charge in [0.1, 0.15) is 11.8 Å². The molecule has 1 fully saturated rings. The minimum absolute atomic E-state index is 0.00440. The van der Waals surface area contributed by atoms with Crippen molar-refractivity contribution in [2.75, 3.05) is 13.1 Å². The van der Waals surface area contributed by atoms with Gasteiger partial charge >= 0.3 is 0 Å². The van der Waals surface area contributed by atoms with Crippen LogP contribution in [-0.4, -0.2) is 40.4 Å². The molecule has 3 heterocycles. The first-order valence-corrected chi connectivity index (χ1v) is 8.76. The van der Waals surface area contributed by atoms with E-state index >= 15 is 0 Å². The molecule has 1 aliphatic heterocycles. The summed E-state index contributed by atoms with van der Waals surface area (Å²) in [5.41, 5.74) is 2.45. The van der Waals surface area contributed by atoms with E-state index in [0.29, 0.717) is 12.1 Å². The van der Waals surface area contributed by atoms with E-state index in [9.17, 15) is 9.59 Å². The molecule has 3 rings (SSSR count). The number of carbonyl (C=O) groups excluding carboxylic acids is 2. The zero-order valence-electron chi connectivity index (χ0n) is 15.0. The van der Waals surface area contributed by atoms with Crippen molar-refractivity contribution in [3.63, 3.8) is 0 Å². The monoisotopic (exact) mass is 343 g/mol. The van der Waals surface area contributed by atoms with E-state index in [4.69, 9.17) is 4.42 Å². The molecule has 1 N–H and O–H groups in total. The maximum Gasteiger partial charge on any atom is 0.253 e. The van der Waals surface area contributed by atoms with Gasteiger partial charge in [0.2, 0.25) is 5.91 Å². The number of aromatic nitrogens is 1. The number of nitrogens with zero attached hydrogens (tertiary/aromatic N) is 2. The van der Waals surface area contributed by atoms with E-state index in [0.717, 1.165) is 43.1 Å². The molecule has 0 saturated carbocycles. The second-order valence-corrected chi connectivity index (χ2v) is 6.68. The van der Waals surface area contributed by atoms with Gasteiger partial charge in [-0.2, -0.15) is 0 Å². The van der Waals surface area contributed by atoms with Crippen LogP contribution in [0.15, 0.2) is 28.9 Å². The number of likely N-dealkylation sites (tertiary alicyclic amines) is 1. The molecule has 6 heteroatoms. The van der Waals surface area contributed by atoms with E-state index in [2.05, 4.69) is 5.32 Å². The highest BCUT2D eigenvalue weighted by molar-refractivity contribution is 5.98. The van der Waals surface area contributed by atoms with Crippen LogP contribution in [0.25, 0.3) is 0 Å². The van der Waals surface area contributed by atoms with Crippen LogP contribution in [0.5, 0.6) is 0 Å². The lowest BCUT2D eigenvalue weighted by Crippen LogP contribution is -2.46. The highest BCUT2D eigenvalue weighted by Gasteiger charge is 2.26. The summed E-state index contributed by atoms with van der Waals surface area (Å²) in [4.78, 5) is 26.8. The average Bonchev–Trinajstić information content (AvgIpc) is 3.32. The standard InChI is InChI=1S/C19H25N3O3/c1-13-11-17(15(3)22(13)12-16-7-6-10-25-16)18(23)20-14(2)19(24)21-8-4-5-9-21/h6-7,10-11,14H,4-5,8-9,12H2,1-3H3,(H,20,23). The summed E-state index contributed by atoms with van der Waals surface area (Å²) < 4.78 is 7.44. The smallest absolute Gasteiger partial charge is 0.253 e. The Balaban J connectivity index is 1.70. The lowest BCUT2D eigenvalue weighted by Gasteiger charge is -2.21. The predicted molar refractivity (Wildman–Crippen MR) is 94.5 cm³/mol. The van der Waals surface area contributed by atoms with Gasteiger partial charge in [-0.3, -0.25) is 9.59 Å². The van der Waals surface area contributed by atoms with Crippen molar-refractivity contribution < 1.29 is 14.0 Å². The quantitative estimate of drug-likeness (QED) is 0.907. The summed E-state index contributed by atoms with van der Waals surface area (Å²) in [6.45, 7) is 7.79. The molecular weight excluding hydrogens is 318 g/mol. The highest BCUT2D eigenvalue weighted by Crippen LogP contribution is 2.18. The summed E-state index contributed by atoms with van der Waals surface area (Å²) in [6, 6.07) is 5.11. The van der Waals surface area contributed by atoms with Gasteiger partial charge in [0.25, 0.3) is 5.91 Å². The molecule has 0 aliphatic carbocycles. The second-order valence-electron chi connectivity index (χ2n) is 6.68. The Morgan fingerprint density at radius 2 is 2.00 bits per heavy atom. The van der Waals surface area contributed by atoms with Crippen LogP contribution in [0.1, 0.15) is 47.3 Å². The normalized spacial score (nSPS) is 15.4. The van der Waals surface area contributed by atoms with Crippen molar-refractivity contribution >= 4 is 11.8 Å². The van der Waals surface area contributed by atoms with Gasteiger partial charge in [-0.15, -0.1) is 0 Å². The van der Waals surface area contributed by atoms with Crippen LogP contribution in [0.2, 0.25) is 0 Å². The Hall–Kier alpha value is -2.50. The molecule has 2 amide bonds. The van der Waals surface area contributed by atoms with Crippen molar-refractivity contribution in [1.82, 2.24) is 14.8 Å². The van der Waals surface area contributed by atoms with Crippen LogP contribution >= 0.6 is 0 Å². The molecule has 1 unspecified atom stereocenters. The van der Waals surface area contributed by atoms with Gasteiger partial charge in [-0.1, -0.05) is 0 Å². The average molecular weight is 343 g/mol. The SMILES string of the molecule is Cc1cc(C(=O)NC(C)C(=O)N2CCCC2)c(C)n1Cc1ccco1. The van der Waals surface area contributed by atoms with Gasteiger partial charge in [-0.25, -0.2) is 0 Å². The van der Waals surface area contributed by atoms with Crippen molar-refractivity contribution in [3.8, 4) is 0 Å². The maximum atomic E-state index is 12.6. The van der Waals surface area contributed by atoms with E-state index in [1.165, 1.54) is 0 Å². The fraction of sp³-hybridized carbons (Fsp3) is 0.474. The summed E-state index contributed by atoms with van der Waals surface area (Å²) in [5.74, 6) is 0.625. The topological polar surface area (TPSA) is 67.5 Å². The summed E-state index contributed by atoms with van der Waals surface area (Å²) in [6.07, 6.45) is 3.73. The minimum Gasteiger partial charge on any atom is -0.467 e. The number of amides is 2. The van der Waals surface area contributed by atoms with E-state index in [1.54, 1.807) is 13.2 Å². The van der Waals surface area contributed by atoms with Crippen LogP contribution in [0.4, 0.5) is 0 Å². The number of furan rings is 1. The van der Waals surface area contributed by atoms with Crippen molar-refractivity contribution in [1.29, 1.82) is 0 Å². The first-order valence-electron chi connectivity index (χ1n) is 8.76. The Kier molecular flexibility index (Phi) is 4.97. The lowest BCUT2D eigenvalue weighted by molar-refractivity contribution is -0.131. The van der Waals surface area contributed by atoms with Crippen LogP contribution < -0.4 is 5.32 Å². The van der Waals surface area contributed by atoms with Crippen molar-refractivity contribution in [3.05, 3.63) is 47.2 Å². The molecule has 1 atom stereocenters. The Bertz CT molecular complexity index is 755. The van der Waals surface area contributed by atoms with Crippen molar-refractivity contribution in [2.24, 2.45) is 0 Å². The van der Waals surface area contributed by atoms with Gasteiger partial charge in [-0.05, 0) is 51.8 Å². The maximum absolute atomic E-state index is 12.6. The van der Waals surface area contributed by atoms with E-state index in [1.807, 2.05) is 41.5 Å². The third-order valence-electron chi connectivity index (χ3n) is 4.85. The molecule has 0 spiro atoms. The zero-order chi connectivity index (χ0) is 18.0. The first kappa shape index (κ1) is 17.3. The van der Waals surface area contributed by atoms with E-state index in [-0.39, 0.29) is 11.8 Å². The summed E-state index contributed by atoms with van der Waals surface area (Å²) >= 11 is 0. The van der Waals surface area contributed by atoms with Gasteiger partial charge in [0.15, 0.2) is 0 Å². The number of hydrogen-bond acceptors (Lipinski definition) is 3. The summed E-state index contributed by atoms with van der Waals surface area (Å²) in [5, 5.41) is 2.85.